The monoisotopic (exact) mass is 1230 g/mol. The zero-order chi connectivity index (χ0) is 57.6. The summed E-state index contributed by atoms with van der Waals surface area (Å²) in [6, 6.07) is 17.2. The van der Waals surface area contributed by atoms with E-state index in [4.69, 9.17) is 23.3 Å². The van der Waals surface area contributed by atoms with E-state index in [1.807, 2.05) is 0 Å². The van der Waals surface area contributed by atoms with Gasteiger partial charge in [-0.2, -0.15) is 0 Å². The van der Waals surface area contributed by atoms with E-state index in [0.29, 0.717) is 67.5 Å². The molecule has 6 heterocycles. The minimum Gasteiger partial charge on any atom is -0.870 e. The van der Waals surface area contributed by atoms with E-state index in [1.54, 1.807) is 18.2 Å². The number of ether oxygens (including phenoxy) is 5. The number of thiazole rings is 2. The third kappa shape index (κ3) is 12.5. The number of hydrogen-bond acceptors (Lipinski definition) is 18. The number of carboxylic acid groups (broad SMARTS) is 1. The van der Waals surface area contributed by atoms with Crippen LogP contribution in [0.1, 0.15) is 107 Å². The van der Waals surface area contributed by atoms with Crippen molar-refractivity contribution < 1.29 is 112 Å². The first kappa shape index (κ1) is 62.2. The predicted octanol–water partition coefficient (Wildman–Crippen LogP) is 9.59. The fraction of sp³-hybridized carbons (Fsp3) is 0.404. The van der Waals surface area contributed by atoms with Crippen LogP contribution in [0.25, 0.3) is 42.9 Å². The van der Waals surface area contributed by atoms with Crippen LogP contribution in [0.3, 0.4) is 0 Å². The number of piperidine rings is 2. The number of nitrogens with zero attached hydrogens (tertiary/aromatic N) is 6. The van der Waals surface area contributed by atoms with Crippen molar-refractivity contribution in [1.82, 2.24) is 20.3 Å². The van der Waals surface area contributed by atoms with Crippen molar-refractivity contribution >= 4 is 65.3 Å². The molecule has 29 heteroatoms. The predicted molar refractivity (Wildman–Crippen MR) is 289 cm³/mol. The van der Waals surface area contributed by atoms with Crippen molar-refractivity contribution in [3.8, 4) is 34.0 Å². The minimum atomic E-state index is -4.85. The molecule has 4 N–H and O–H groups in total. The second-order valence-electron chi connectivity index (χ2n) is 21.6. The van der Waals surface area contributed by atoms with Crippen LogP contribution >= 0.6 is 22.7 Å². The SMILES string of the molecule is COC(=O)c1cc(F)c2nc(N3C[C@@H]4C[C@H]3C[C@H]4OCc3c(-c4ccccc4OC(F)(F)F)noc3C3CC3)sc2c1.O.O=C(O)c1cc(F)c2nc(N3C[C@@H]4C[C@H]3C[C@H]4OCc3c(-c4ccccc4OC(F)(F)F)noc3C3CC3)sc2c1.[Li+].[OH-]. The molecule has 0 unspecified atom stereocenters. The Morgan fingerprint density at radius 3 is 1.45 bits per heavy atom. The fourth-order valence-corrected chi connectivity index (χ4v) is 14.3. The molecule has 4 saturated carbocycles. The third-order valence-corrected chi connectivity index (χ3v) is 18.2. The Kier molecular flexibility index (Phi) is 17.6. The molecule has 0 spiro atoms. The van der Waals surface area contributed by atoms with Gasteiger partial charge in [0.05, 0.1) is 53.1 Å². The van der Waals surface area contributed by atoms with E-state index in [1.165, 1.54) is 72.2 Å². The summed E-state index contributed by atoms with van der Waals surface area (Å²) in [5.41, 5.74) is 2.66. The van der Waals surface area contributed by atoms with Gasteiger partial charge in [0.1, 0.15) is 45.4 Å². The van der Waals surface area contributed by atoms with Gasteiger partial charge in [0.2, 0.25) is 0 Å². The quantitative estimate of drug-likeness (QED) is 0.0537. The van der Waals surface area contributed by atoms with E-state index in [0.717, 1.165) is 57.1 Å². The number of aromatic carboxylic acids is 1. The molecular formula is C57H51F8LiN6O12S2. The summed E-state index contributed by atoms with van der Waals surface area (Å²) in [5, 5.41) is 18.9. The van der Waals surface area contributed by atoms with Crippen molar-refractivity contribution in [2.75, 3.05) is 30.0 Å². The van der Waals surface area contributed by atoms with Gasteiger partial charge in [-0.25, -0.2) is 28.3 Å². The van der Waals surface area contributed by atoms with Crippen molar-refractivity contribution in [1.29, 1.82) is 0 Å². The fourth-order valence-electron chi connectivity index (χ4n) is 12.1. The maximum Gasteiger partial charge on any atom is 1.00 e. The molecule has 6 atom stereocenters. The third-order valence-electron chi connectivity index (χ3n) is 16.1. The molecule has 4 bridgehead atoms. The standard InChI is InChI=1S/C29H25F4N3O5S.C28H23F4N3O5S.Li.2H2O/c1-38-27(37)15-9-20(30)25-23(10-15)42-28(34-25)36-12-16-8-17(36)11-22(16)39-13-19-24(35-41-26(19)14-6-7-14)18-4-2-3-5-21(18)40-29(31,32)33;29-19-8-14(26(36)37)9-22-24(19)33-27(41-22)35-11-15-7-16(35)10-21(15)38-12-18-23(34-40-25(18)13-5-6-13)17-3-1-2-4-20(17)39-28(30,31)32;;;/h2-5,9-10,14,16-17,22H,6-8,11-13H2,1H3;1-4,8-9,13,15-16,21H,5-7,10-12H2,(H,36,37);;2*1H2/q;;+1;;/p-1/t16-,17-,22+;15-,16-,21+;;;/m00.../s1. The number of fused-ring (bicyclic) bond motifs is 6. The van der Waals surface area contributed by atoms with Crippen LogP contribution in [-0.2, 0) is 27.4 Å². The number of anilines is 2. The van der Waals surface area contributed by atoms with Gasteiger partial charge in [-0.05, 0) is 99.9 Å². The Labute approximate surface area is 503 Å². The molecule has 4 aromatic heterocycles. The molecule has 0 amide bonds. The number of aromatic nitrogens is 4. The van der Waals surface area contributed by atoms with Crippen molar-refractivity contribution in [3.63, 3.8) is 0 Å². The van der Waals surface area contributed by atoms with Gasteiger partial charge in [0.15, 0.2) is 21.9 Å². The van der Waals surface area contributed by atoms with Crippen LogP contribution in [0.15, 0.2) is 81.8 Å². The van der Waals surface area contributed by atoms with E-state index in [9.17, 15) is 49.8 Å². The normalized spacial score (nSPS) is 21.2. The van der Waals surface area contributed by atoms with Gasteiger partial charge < -0.3 is 58.6 Å². The molecular weight excluding hydrogens is 1180 g/mol. The minimum absolute atomic E-state index is 0. The summed E-state index contributed by atoms with van der Waals surface area (Å²) in [4.78, 5) is 36.5. The number of carbonyl (C=O) groups excluding carboxylic acids is 1. The van der Waals surface area contributed by atoms with Crippen LogP contribution in [0.2, 0.25) is 0 Å². The average molecular weight is 1240 g/mol. The van der Waals surface area contributed by atoms with Crippen LogP contribution < -0.4 is 38.1 Å². The second kappa shape index (κ2) is 24.3. The summed E-state index contributed by atoms with van der Waals surface area (Å²) in [6.45, 7) is 1.62. The Morgan fingerprint density at radius 2 is 1.07 bits per heavy atom. The number of carboxylic acids is 1. The van der Waals surface area contributed by atoms with Gasteiger partial charge >= 0.3 is 43.5 Å². The summed E-state index contributed by atoms with van der Waals surface area (Å²) in [5.74, 6) is -1.71. The number of para-hydroxylation sites is 2. The second-order valence-corrected chi connectivity index (χ2v) is 23.6. The van der Waals surface area contributed by atoms with Gasteiger partial charge in [-0.3, -0.25) is 0 Å². The maximum absolute atomic E-state index is 14.7. The molecule has 4 aromatic carbocycles. The zero-order valence-corrected chi connectivity index (χ0v) is 47.3. The zero-order valence-electron chi connectivity index (χ0n) is 45.6. The number of benzene rings is 4. The molecule has 86 heavy (non-hydrogen) atoms. The number of hydrogen-bond donors (Lipinski definition) is 1. The molecule has 450 valence electrons. The van der Waals surface area contributed by atoms with Gasteiger partial charge in [0.25, 0.3) is 0 Å². The molecule has 18 nitrogen and oxygen atoms in total. The van der Waals surface area contributed by atoms with Crippen LogP contribution in [0, 0.1) is 23.5 Å². The topological polar surface area (TPSA) is 246 Å². The number of rotatable bonds is 16. The van der Waals surface area contributed by atoms with Crippen LogP contribution in [-0.4, -0.2) is 105 Å². The number of esters is 1. The van der Waals surface area contributed by atoms with Crippen LogP contribution in [0.5, 0.6) is 11.5 Å². The van der Waals surface area contributed by atoms with Gasteiger partial charge in [-0.1, -0.05) is 57.3 Å². The van der Waals surface area contributed by atoms with Gasteiger partial charge in [-0.15, -0.1) is 26.3 Å². The first-order valence-corrected chi connectivity index (χ1v) is 28.4. The Hall–Kier alpha value is -6.90. The molecule has 4 aliphatic carbocycles. The summed E-state index contributed by atoms with van der Waals surface area (Å²) >= 11 is 2.60. The largest absolute Gasteiger partial charge is 1.00 e. The number of methoxy groups -OCH3 is 1. The van der Waals surface area contributed by atoms with E-state index >= 15 is 0 Å². The number of halogens is 8. The maximum atomic E-state index is 14.7. The average Bonchev–Trinajstić information content (AvgIpc) is 2.67. The molecule has 6 fully saturated rings. The van der Waals surface area contributed by atoms with E-state index in [2.05, 4.69) is 39.6 Å². The van der Waals surface area contributed by atoms with Crippen molar-refractivity contribution in [2.45, 2.75) is 113 Å². The first-order chi connectivity index (χ1) is 39.8. The number of alkyl halides is 6. The molecule has 2 saturated heterocycles. The molecule has 0 radical (unpaired) electrons. The molecule has 8 aromatic rings. The Balaban J connectivity index is 0.000000184. The summed E-state index contributed by atoms with van der Waals surface area (Å²) < 4.78 is 146. The Morgan fingerprint density at radius 1 is 0.651 bits per heavy atom. The number of carbonyl (C=O) groups is 2. The smallest absolute Gasteiger partial charge is 0.870 e. The molecule has 2 aliphatic heterocycles. The van der Waals surface area contributed by atoms with Crippen molar-refractivity contribution in [3.05, 3.63) is 118 Å². The summed E-state index contributed by atoms with van der Waals surface area (Å²) in [7, 11) is 1.25. The molecule has 14 rings (SSSR count). The summed E-state index contributed by atoms with van der Waals surface area (Å²) in [6.07, 6.45) is -2.99. The van der Waals surface area contributed by atoms with E-state index < -0.39 is 36.3 Å². The Bertz CT molecular complexity index is 3820. The van der Waals surface area contributed by atoms with E-state index in [-0.39, 0.29) is 141 Å². The first-order valence-electron chi connectivity index (χ1n) is 26.8. The van der Waals surface area contributed by atoms with Gasteiger partial charge in [0, 0.05) is 71.1 Å². The van der Waals surface area contributed by atoms with Crippen LogP contribution in [0.4, 0.5) is 45.4 Å². The molecule has 6 aliphatic rings. The van der Waals surface area contributed by atoms with Crippen molar-refractivity contribution in [2.24, 2.45) is 11.8 Å².